The topological polar surface area (TPSA) is 117 Å². The Balaban J connectivity index is 1.25. The number of hydrogen-bond acceptors (Lipinski definition) is 7. The molecule has 0 bridgehead atoms. The van der Waals surface area contributed by atoms with Crippen LogP contribution in [0.5, 0.6) is 5.75 Å². The summed E-state index contributed by atoms with van der Waals surface area (Å²) in [5, 5.41) is 11.9. The molecule has 1 heterocycles. The van der Waals surface area contributed by atoms with Gasteiger partial charge in [-0.2, -0.15) is 0 Å². The van der Waals surface area contributed by atoms with Crippen molar-refractivity contribution in [2.75, 3.05) is 38.7 Å². The zero-order valence-electron chi connectivity index (χ0n) is 17.2. The summed E-state index contributed by atoms with van der Waals surface area (Å²) in [6, 6.07) is 4.52. The quantitative estimate of drug-likeness (QED) is 0.385. The molecule has 4 rings (SSSR count). The van der Waals surface area contributed by atoms with Gasteiger partial charge in [-0.3, -0.25) is 4.79 Å². The molecule has 0 aromatic heterocycles. The molecule has 11 heteroatoms. The van der Waals surface area contributed by atoms with E-state index in [2.05, 4.69) is 10.0 Å². The molecule has 1 saturated heterocycles. The highest BCUT2D eigenvalue weighted by Crippen LogP contribution is 2.47. The van der Waals surface area contributed by atoms with Gasteiger partial charge in [0.1, 0.15) is 0 Å². The van der Waals surface area contributed by atoms with E-state index in [1.54, 1.807) is 12.1 Å². The van der Waals surface area contributed by atoms with Gasteiger partial charge in [0.25, 0.3) is 0 Å². The minimum absolute atomic E-state index is 0.0180. The fraction of sp³-hybridized carbons (Fsp3) is 0.650. The average Bonchev–Trinajstić information content (AvgIpc) is 3.62. The van der Waals surface area contributed by atoms with E-state index in [4.69, 9.17) is 9.47 Å². The predicted octanol–water partition coefficient (Wildman–Crippen LogP) is 0.247. The van der Waals surface area contributed by atoms with Crippen LogP contribution in [0.15, 0.2) is 18.2 Å². The van der Waals surface area contributed by atoms with Crippen LogP contribution in [0.4, 0.5) is 4.39 Å². The van der Waals surface area contributed by atoms with Crippen molar-refractivity contribution >= 4 is 15.9 Å². The highest BCUT2D eigenvalue weighted by molar-refractivity contribution is 7.89. The first kappa shape index (κ1) is 22.4. The molecule has 1 aromatic rings. The van der Waals surface area contributed by atoms with Gasteiger partial charge in [-0.1, -0.05) is 6.07 Å². The van der Waals surface area contributed by atoms with E-state index < -0.39 is 27.7 Å². The fourth-order valence-electron chi connectivity index (χ4n) is 3.53. The third-order valence-corrected chi connectivity index (χ3v) is 7.16. The number of sulfonamides is 1. The molecule has 3 fully saturated rings. The van der Waals surface area contributed by atoms with Crippen LogP contribution in [0.2, 0.25) is 0 Å². The number of ether oxygens (including phenoxy) is 2. The average molecular weight is 458 g/mol. The van der Waals surface area contributed by atoms with Gasteiger partial charge in [-0.25, -0.2) is 22.4 Å². The molecule has 2 saturated carbocycles. The van der Waals surface area contributed by atoms with Gasteiger partial charge in [0, 0.05) is 6.54 Å². The second kappa shape index (κ2) is 8.99. The number of benzene rings is 1. The summed E-state index contributed by atoms with van der Waals surface area (Å²) in [5.41, 5.74) is -0.0278. The largest absolute Gasteiger partial charge is 0.490 e. The molecule has 1 aliphatic heterocycles. The van der Waals surface area contributed by atoms with Gasteiger partial charge in [0.15, 0.2) is 17.9 Å². The van der Waals surface area contributed by atoms with Crippen LogP contribution in [-0.4, -0.2) is 69.3 Å². The maximum atomic E-state index is 14.1. The number of amides is 1. The molecule has 0 spiro atoms. The second-order valence-electron chi connectivity index (χ2n) is 8.43. The molecule has 9 nitrogen and oxygen atoms in total. The van der Waals surface area contributed by atoms with E-state index in [1.807, 2.05) is 0 Å². The van der Waals surface area contributed by atoms with E-state index in [1.165, 1.54) is 11.0 Å². The van der Waals surface area contributed by atoms with Crippen molar-refractivity contribution < 1.29 is 32.2 Å². The van der Waals surface area contributed by atoms with Gasteiger partial charge < -0.3 is 19.9 Å². The van der Waals surface area contributed by atoms with Crippen LogP contribution >= 0.6 is 0 Å². The predicted molar refractivity (Wildman–Crippen MR) is 109 cm³/mol. The Bertz CT molecular complexity index is 919. The Morgan fingerprint density at radius 3 is 2.71 bits per heavy atom. The fourth-order valence-corrected chi connectivity index (χ4v) is 4.89. The van der Waals surface area contributed by atoms with E-state index >= 15 is 0 Å². The third kappa shape index (κ3) is 5.92. The first-order valence-corrected chi connectivity index (χ1v) is 12.2. The van der Waals surface area contributed by atoms with Crippen LogP contribution < -0.4 is 14.8 Å². The Morgan fingerprint density at radius 2 is 2.06 bits per heavy atom. The van der Waals surface area contributed by atoms with Crippen molar-refractivity contribution in [1.82, 2.24) is 14.9 Å². The highest BCUT2D eigenvalue weighted by atomic mass is 32.2. The number of halogens is 1. The summed E-state index contributed by atoms with van der Waals surface area (Å²) in [7, 11) is -3.62. The maximum absolute atomic E-state index is 14.1. The third-order valence-electron chi connectivity index (χ3n) is 5.76. The van der Waals surface area contributed by atoms with Gasteiger partial charge in [0.2, 0.25) is 15.9 Å². The Morgan fingerprint density at radius 1 is 1.29 bits per heavy atom. The van der Waals surface area contributed by atoms with Gasteiger partial charge in [-0.15, -0.1) is 0 Å². The van der Waals surface area contributed by atoms with E-state index in [0.29, 0.717) is 37.5 Å². The van der Waals surface area contributed by atoms with Gasteiger partial charge in [0.05, 0.1) is 37.7 Å². The molecule has 172 valence electrons. The minimum Gasteiger partial charge on any atom is -0.490 e. The van der Waals surface area contributed by atoms with Crippen molar-refractivity contribution in [3.8, 4) is 5.75 Å². The second-order valence-corrected chi connectivity index (χ2v) is 10.3. The van der Waals surface area contributed by atoms with Gasteiger partial charge in [-0.05, 0) is 49.3 Å². The number of hydrogen-bond donors (Lipinski definition) is 3. The Hall–Kier alpha value is -1.79. The van der Waals surface area contributed by atoms with Crippen molar-refractivity contribution in [1.29, 1.82) is 0 Å². The molecule has 3 N–H and O–H groups in total. The van der Waals surface area contributed by atoms with Crippen molar-refractivity contribution in [3.63, 3.8) is 0 Å². The highest BCUT2D eigenvalue weighted by Gasteiger charge is 2.47. The number of aliphatic hydroxyl groups excluding tert-OH is 1. The van der Waals surface area contributed by atoms with E-state index in [9.17, 15) is 22.7 Å². The molecule has 1 amide bonds. The Labute approximate surface area is 180 Å². The smallest absolute Gasteiger partial charge is 0.237 e. The first-order valence-electron chi connectivity index (χ1n) is 10.5. The minimum atomic E-state index is -3.62. The van der Waals surface area contributed by atoms with Crippen LogP contribution in [0, 0.1) is 11.7 Å². The van der Waals surface area contributed by atoms with Crippen LogP contribution in [0.1, 0.15) is 31.2 Å². The van der Waals surface area contributed by atoms with E-state index in [-0.39, 0.29) is 37.2 Å². The zero-order valence-corrected chi connectivity index (χ0v) is 18.0. The summed E-state index contributed by atoms with van der Waals surface area (Å²) < 4.78 is 52.8. The normalized spacial score (nSPS) is 23.0. The number of carbonyl (C=O) groups is 1. The number of nitrogens with zero attached hydrogens (tertiary/aromatic N) is 1. The standard InChI is InChI=1S/C20H28FN3O6S/c21-16-4-3-15(11-17(16)30-13-14-1-2-14)20(5-6-20)23-31(27,28)10-9-29-8-7-24-12-18(25)22-19(24)26/h3-4,11,14,19,23,26H,1-2,5-10,12-13H2,(H,22,25). The molecule has 0 radical (unpaired) electrons. The molecule has 31 heavy (non-hydrogen) atoms. The first-order chi connectivity index (χ1) is 14.8. The summed E-state index contributed by atoms with van der Waals surface area (Å²) in [6.45, 7) is 1.03. The molecule has 3 aliphatic rings. The number of carbonyl (C=O) groups excluding carboxylic acids is 1. The lowest BCUT2D eigenvalue weighted by molar-refractivity contribution is -0.119. The number of nitrogens with one attached hydrogen (secondary N) is 2. The molecular weight excluding hydrogens is 429 g/mol. The Kier molecular flexibility index (Phi) is 6.50. The zero-order chi connectivity index (χ0) is 22.1. The molecular formula is C20H28FN3O6S. The molecule has 1 aromatic carbocycles. The number of aliphatic hydroxyl groups is 1. The van der Waals surface area contributed by atoms with Crippen molar-refractivity contribution in [2.24, 2.45) is 5.92 Å². The summed E-state index contributed by atoms with van der Waals surface area (Å²) in [6.07, 6.45) is 2.43. The molecule has 1 unspecified atom stereocenters. The van der Waals surface area contributed by atoms with Crippen LogP contribution in [0.25, 0.3) is 0 Å². The summed E-state index contributed by atoms with van der Waals surface area (Å²) in [4.78, 5) is 12.7. The molecule has 1 atom stereocenters. The van der Waals surface area contributed by atoms with E-state index in [0.717, 1.165) is 12.8 Å². The summed E-state index contributed by atoms with van der Waals surface area (Å²) >= 11 is 0. The summed E-state index contributed by atoms with van der Waals surface area (Å²) in [5.74, 6) is -0.287. The lowest BCUT2D eigenvalue weighted by atomic mass is 10.1. The van der Waals surface area contributed by atoms with Gasteiger partial charge >= 0.3 is 0 Å². The van der Waals surface area contributed by atoms with Crippen molar-refractivity contribution in [2.45, 2.75) is 37.6 Å². The maximum Gasteiger partial charge on any atom is 0.237 e. The monoisotopic (exact) mass is 457 g/mol. The SMILES string of the molecule is O=C1CN(CCOCCS(=O)(=O)NC2(c3ccc(F)c(OCC4CC4)c3)CC2)C(O)N1. The number of rotatable bonds is 12. The molecule has 2 aliphatic carbocycles. The lowest BCUT2D eigenvalue weighted by Crippen LogP contribution is -2.39. The van der Waals surface area contributed by atoms with Crippen LogP contribution in [-0.2, 0) is 25.1 Å². The van der Waals surface area contributed by atoms with Crippen LogP contribution in [0.3, 0.4) is 0 Å². The lowest BCUT2D eigenvalue weighted by Gasteiger charge is -2.20. The van der Waals surface area contributed by atoms with Crippen molar-refractivity contribution in [3.05, 3.63) is 29.6 Å².